The van der Waals surface area contributed by atoms with Gasteiger partial charge in [-0.3, -0.25) is 4.79 Å². The summed E-state index contributed by atoms with van der Waals surface area (Å²) in [6, 6.07) is 13.2. The second-order valence-electron chi connectivity index (χ2n) is 7.27. The predicted molar refractivity (Wildman–Crippen MR) is 127 cm³/mol. The first kappa shape index (κ1) is 25.0. The molecule has 0 saturated heterocycles. The molecule has 0 aliphatic heterocycles. The van der Waals surface area contributed by atoms with Crippen molar-refractivity contribution in [2.45, 2.75) is 50.9 Å². The highest BCUT2D eigenvalue weighted by atomic mass is 35.5. The normalized spacial score (nSPS) is 11.1. The summed E-state index contributed by atoms with van der Waals surface area (Å²) in [7, 11) is 0. The number of anilines is 1. The van der Waals surface area contributed by atoms with Crippen LogP contribution in [0.5, 0.6) is 5.75 Å². The molecule has 1 N–H and O–H groups in total. The third kappa shape index (κ3) is 7.71. The maximum atomic E-state index is 12.4. The zero-order valence-electron chi connectivity index (χ0n) is 18.1. The van der Waals surface area contributed by atoms with Gasteiger partial charge in [0.05, 0.1) is 5.75 Å². The van der Waals surface area contributed by atoms with Crippen LogP contribution in [0.25, 0.3) is 11.4 Å². The van der Waals surface area contributed by atoms with E-state index in [-0.39, 0.29) is 17.4 Å². The molecule has 1 aromatic heterocycles. The zero-order chi connectivity index (χ0) is 23.6. The average molecular weight is 495 g/mol. The SMILES string of the molecule is CCCCCCn1c(SCC(=O)Nc2ccc(OC(F)F)cc2)nnc1-c1ccc(Cl)cc1. The number of unbranched alkanes of at least 4 members (excludes halogenated alkanes) is 3. The van der Waals surface area contributed by atoms with Crippen molar-refractivity contribution in [2.75, 3.05) is 11.1 Å². The van der Waals surface area contributed by atoms with Gasteiger partial charge in [-0.1, -0.05) is 49.5 Å². The van der Waals surface area contributed by atoms with Gasteiger partial charge in [-0.2, -0.15) is 8.78 Å². The van der Waals surface area contributed by atoms with Gasteiger partial charge in [0.1, 0.15) is 5.75 Å². The molecule has 0 atom stereocenters. The van der Waals surface area contributed by atoms with E-state index in [0.717, 1.165) is 43.6 Å². The molecule has 6 nitrogen and oxygen atoms in total. The molecule has 176 valence electrons. The van der Waals surface area contributed by atoms with Crippen LogP contribution in [-0.4, -0.2) is 33.0 Å². The lowest BCUT2D eigenvalue weighted by molar-refractivity contribution is -0.113. The Bertz CT molecular complexity index is 1030. The molecule has 0 saturated carbocycles. The van der Waals surface area contributed by atoms with E-state index in [0.29, 0.717) is 15.9 Å². The molecule has 0 radical (unpaired) electrons. The Kier molecular flexibility index (Phi) is 9.50. The number of benzene rings is 2. The number of carbonyl (C=O) groups is 1. The van der Waals surface area contributed by atoms with Crippen molar-refractivity contribution in [1.82, 2.24) is 14.8 Å². The van der Waals surface area contributed by atoms with Crippen molar-refractivity contribution in [3.8, 4) is 17.1 Å². The summed E-state index contributed by atoms with van der Waals surface area (Å²) in [6.07, 6.45) is 4.39. The smallest absolute Gasteiger partial charge is 0.387 e. The highest BCUT2D eigenvalue weighted by Crippen LogP contribution is 2.26. The van der Waals surface area contributed by atoms with Crippen molar-refractivity contribution < 1.29 is 18.3 Å². The molecule has 0 fully saturated rings. The number of thioether (sulfide) groups is 1. The van der Waals surface area contributed by atoms with Crippen molar-refractivity contribution in [1.29, 1.82) is 0 Å². The minimum Gasteiger partial charge on any atom is -0.435 e. The molecule has 33 heavy (non-hydrogen) atoms. The van der Waals surface area contributed by atoms with E-state index < -0.39 is 6.61 Å². The van der Waals surface area contributed by atoms with E-state index in [1.54, 1.807) is 0 Å². The van der Waals surface area contributed by atoms with Crippen molar-refractivity contribution >= 4 is 35.0 Å². The van der Waals surface area contributed by atoms with Crippen LogP contribution in [0.15, 0.2) is 53.7 Å². The van der Waals surface area contributed by atoms with Gasteiger partial charge in [0.2, 0.25) is 5.91 Å². The fraction of sp³-hybridized carbons (Fsp3) is 0.348. The summed E-state index contributed by atoms with van der Waals surface area (Å²) in [5.41, 5.74) is 1.40. The minimum absolute atomic E-state index is 0.0308. The zero-order valence-corrected chi connectivity index (χ0v) is 19.7. The van der Waals surface area contributed by atoms with Crippen LogP contribution in [-0.2, 0) is 11.3 Å². The van der Waals surface area contributed by atoms with Crippen LogP contribution < -0.4 is 10.1 Å². The van der Waals surface area contributed by atoms with Crippen LogP contribution in [0.1, 0.15) is 32.6 Å². The molecular formula is C23H25ClF2N4O2S. The fourth-order valence-electron chi connectivity index (χ4n) is 3.15. The number of rotatable bonds is 12. The number of nitrogens with zero attached hydrogens (tertiary/aromatic N) is 3. The number of amides is 1. The van der Waals surface area contributed by atoms with Crippen LogP contribution in [0.4, 0.5) is 14.5 Å². The number of hydrogen-bond donors (Lipinski definition) is 1. The Morgan fingerprint density at radius 1 is 1.09 bits per heavy atom. The quantitative estimate of drug-likeness (QED) is 0.229. The number of halogens is 3. The third-order valence-corrected chi connectivity index (χ3v) is 5.97. The third-order valence-electron chi connectivity index (χ3n) is 4.75. The van der Waals surface area contributed by atoms with E-state index in [9.17, 15) is 13.6 Å². The van der Waals surface area contributed by atoms with Gasteiger partial charge in [-0.15, -0.1) is 10.2 Å². The molecule has 3 aromatic rings. The van der Waals surface area contributed by atoms with E-state index in [1.165, 1.54) is 36.0 Å². The standard InChI is InChI=1S/C23H25ClF2N4O2S/c1-2-3-4-5-14-30-21(16-6-8-17(24)9-7-16)28-29-23(30)33-15-20(31)27-18-10-12-19(13-11-18)32-22(25)26/h6-13,22H,2-5,14-15H2,1H3,(H,27,31). The van der Waals surface area contributed by atoms with Crippen LogP contribution in [0.3, 0.4) is 0 Å². The van der Waals surface area contributed by atoms with Gasteiger partial charge < -0.3 is 14.6 Å². The van der Waals surface area contributed by atoms with Crippen molar-refractivity contribution in [3.63, 3.8) is 0 Å². The first-order chi connectivity index (χ1) is 16.0. The molecule has 3 rings (SSSR count). The van der Waals surface area contributed by atoms with Gasteiger partial charge in [-0.05, 0) is 55.0 Å². The summed E-state index contributed by atoms with van der Waals surface area (Å²) in [5.74, 6) is 0.656. The topological polar surface area (TPSA) is 69.0 Å². The summed E-state index contributed by atoms with van der Waals surface area (Å²) < 4.78 is 30.9. The maximum Gasteiger partial charge on any atom is 0.387 e. The van der Waals surface area contributed by atoms with Crippen LogP contribution in [0.2, 0.25) is 5.02 Å². The van der Waals surface area contributed by atoms with E-state index in [2.05, 4.69) is 27.2 Å². The Balaban J connectivity index is 1.65. The molecule has 0 bridgehead atoms. The minimum atomic E-state index is -2.89. The molecule has 1 heterocycles. The molecule has 10 heteroatoms. The number of nitrogens with one attached hydrogen (secondary N) is 1. The number of hydrogen-bond acceptors (Lipinski definition) is 5. The van der Waals surface area contributed by atoms with Gasteiger partial charge in [-0.25, -0.2) is 0 Å². The number of alkyl halides is 2. The van der Waals surface area contributed by atoms with E-state index in [4.69, 9.17) is 11.6 Å². The Labute approximate surface area is 200 Å². The van der Waals surface area contributed by atoms with Crippen LogP contribution in [0, 0.1) is 0 Å². The van der Waals surface area contributed by atoms with E-state index >= 15 is 0 Å². The lowest BCUT2D eigenvalue weighted by Gasteiger charge is -2.11. The highest BCUT2D eigenvalue weighted by Gasteiger charge is 2.16. The lowest BCUT2D eigenvalue weighted by Crippen LogP contribution is -2.14. The Morgan fingerprint density at radius 2 is 1.82 bits per heavy atom. The lowest BCUT2D eigenvalue weighted by atomic mass is 10.2. The van der Waals surface area contributed by atoms with Gasteiger partial charge >= 0.3 is 6.61 Å². The average Bonchev–Trinajstić information content (AvgIpc) is 3.19. The number of ether oxygens (including phenoxy) is 1. The molecule has 2 aromatic carbocycles. The molecule has 0 aliphatic rings. The predicted octanol–water partition coefficient (Wildman–Crippen LogP) is 6.51. The molecule has 0 spiro atoms. The highest BCUT2D eigenvalue weighted by molar-refractivity contribution is 7.99. The second kappa shape index (κ2) is 12.6. The van der Waals surface area contributed by atoms with Gasteiger partial charge in [0, 0.05) is 22.8 Å². The van der Waals surface area contributed by atoms with Crippen LogP contribution >= 0.6 is 23.4 Å². The molecule has 0 unspecified atom stereocenters. The molecule has 1 amide bonds. The van der Waals surface area contributed by atoms with Crippen molar-refractivity contribution in [3.05, 3.63) is 53.6 Å². The first-order valence-electron chi connectivity index (χ1n) is 10.6. The number of aromatic nitrogens is 3. The summed E-state index contributed by atoms with van der Waals surface area (Å²) in [5, 5.41) is 12.7. The second-order valence-corrected chi connectivity index (χ2v) is 8.64. The Morgan fingerprint density at radius 3 is 2.48 bits per heavy atom. The number of carbonyl (C=O) groups excluding carboxylic acids is 1. The maximum absolute atomic E-state index is 12.4. The van der Waals surface area contributed by atoms with Crippen molar-refractivity contribution in [2.24, 2.45) is 0 Å². The fourth-order valence-corrected chi connectivity index (χ4v) is 4.04. The molecule has 0 aliphatic carbocycles. The summed E-state index contributed by atoms with van der Waals surface area (Å²) in [6.45, 7) is 0.0245. The Hall–Kier alpha value is -2.65. The summed E-state index contributed by atoms with van der Waals surface area (Å²) >= 11 is 7.31. The van der Waals surface area contributed by atoms with Gasteiger partial charge in [0.15, 0.2) is 11.0 Å². The van der Waals surface area contributed by atoms with E-state index in [1.807, 2.05) is 28.8 Å². The first-order valence-corrected chi connectivity index (χ1v) is 12.0. The van der Waals surface area contributed by atoms with Gasteiger partial charge in [0.25, 0.3) is 0 Å². The largest absolute Gasteiger partial charge is 0.435 e. The summed E-state index contributed by atoms with van der Waals surface area (Å²) in [4.78, 5) is 12.4. The molecular weight excluding hydrogens is 470 g/mol. The monoisotopic (exact) mass is 494 g/mol.